The highest BCUT2D eigenvalue weighted by molar-refractivity contribution is 7.49. The quantitative estimate of drug-likeness (QED) is 0.691. The van der Waals surface area contributed by atoms with Gasteiger partial charge in [-0.1, -0.05) is 0 Å². The molecule has 0 saturated carbocycles. The van der Waals surface area contributed by atoms with Crippen LogP contribution in [0.2, 0.25) is 0 Å². The Morgan fingerprint density at radius 1 is 0.583 bits per heavy atom. The summed E-state index contributed by atoms with van der Waals surface area (Å²) >= 11 is 0. The molecule has 0 aliphatic carbocycles. The van der Waals surface area contributed by atoms with Crippen LogP contribution in [0.15, 0.2) is 0 Å². The summed E-state index contributed by atoms with van der Waals surface area (Å²) in [5.74, 6) is 0. The van der Waals surface area contributed by atoms with Gasteiger partial charge in [-0.05, 0) is 42.3 Å². The SMILES string of the molecule is CN(C)P(N(C)C)N(C)C.Cl.Cl. The van der Waals surface area contributed by atoms with Crippen LogP contribution in [0.5, 0.6) is 0 Å². The van der Waals surface area contributed by atoms with Gasteiger partial charge < -0.3 is 0 Å². The molecule has 0 aliphatic rings. The molecule has 0 bridgehead atoms. The van der Waals surface area contributed by atoms with Gasteiger partial charge in [-0.25, -0.2) is 0 Å². The van der Waals surface area contributed by atoms with Crippen molar-refractivity contribution in [2.45, 2.75) is 0 Å². The highest BCUT2D eigenvalue weighted by Gasteiger charge is 2.15. The lowest BCUT2D eigenvalue weighted by molar-refractivity contribution is 0.490. The summed E-state index contributed by atoms with van der Waals surface area (Å²) in [7, 11) is 12.4. The maximum Gasteiger partial charge on any atom is 0.118 e. The van der Waals surface area contributed by atoms with E-state index in [2.05, 4.69) is 56.3 Å². The third-order valence-electron chi connectivity index (χ3n) is 1.07. The molecule has 0 unspecified atom stereocenters. The molecular formula is C6H20Cl2N3P. The normalized spacial score (nSPS) is 10.5. The van der Waals surface area contributed by atoms with Gasteiger partial charge in [-0.3, -0.25) is 14.0 Å². The van der Waals surface area contributed by atoms with Crippen LogP contribution >= 0.6 is 33.2 Å². The van der Waals surface area contributed by atoms with Crippen LogP contribution in [0, 0.1) is 0 Å². The zero-order valence-corrected chi connectivity index (χ0v) is 11.1. The second-order valence-electron chi connectivity index (χ2n) is 2.81. The molecule has 0 aliphatic heterocycles. The molecule has 0 rings (SSSR count). The van der Waals surface area contributed by atoms with Crippen molar-refractivity contribution >= 4 is 33.2 Å². The van der Waals surface area contributed by atoms with E-state index in [0.29, 0.717) is 0 Å². The second-order valence-corrected chi connectivity index (χ2v) is 5.75. The maximum atomic E-state index is 2.23. The van der Waals surface area contributed by atoms with Crippen LogP contribution in [0.4, 0.5) is 0 Å². The lowest BCUT2D eigenvalue weighted by Crippen LogP contribution is -2.25. The van der Waals surface area contributed by atoms with Gasteiger partial charge in [0.2, 0.25) is 0 Å². The zero-order chi connectivity index (χ0) is 8.31. The smallest absolute Gasteiger partial charge is 0.118 e. The first-order valence-electron chi connectivity index (χ1n) is 3.28. The van der Waals surface area contributed by atoms with Crippen molar-refractivity contribution in [3.05, 3.63) is 0 Å². The Balaban J connectivity index is -0.000000405. The van der Waals surface area contributed by atoms with Crippen molar-refractivity contribution < 1.29 is 0 Å². The average Bonchev–Trinajstić information content (AvgIpc) is 1.59. The molecule has 0 atom stereocenters. The third kappa shape index (κ3) is 6.41. The number of hydrogen-bond acceptors (Lipinski definition) is 3. The van der Waals surface area contributed by atoms with Crippen molar-refractivity contribution in [1.82, 2.24) is 14.0 Å². The molecule has 0 aromatic heterocycles. The van der Waals surface area contributed by atoms with E-state index in [-0.39, 0.29) is 33.2 Å². The van der Waals surface area contributed by atoms with Gasteiger partial charge in [-0.15, -0.1) is 24.8 Å². The molecule has 12 heavy (non-hydrogen) atoms. The Bertz CT molecular complexity index is 81.8. The predicted octanol–water partition coefficient (Wildman–Crippen LogP) is 1.74. The van der Waals surface area contributed by atoms with Gasteiger partial charge in [0.15, 0.2) is 0 Å². The second kappa shape index (κ2) is 8.49. The van der Waals surface area contributed by atoms with Gasteiger partial charge in [-0.2, -0.15) is 0 Å². The lowest BCUT2D eigenvalue weighted by atomic mass is 11.2. The van der Waals surface area contributed by atoms with E-state index in [1.165, 1.54) is 0 Å². The summed E-state index contributed by atoms with van der Waals surface area (Å²) in [6.07, 6.45) is 0. The highest BCUT2D eigenvalue weighted by Crippen LogP contribution is 2.40. The molecule has 0 amide bonds. The summed E-state index contributed by atoms with van der Waals surface area (Å²) in [4.78, 5) is 0. The summed E-state index contributed by atoms with van der Waals surface area (Å²) < 4.78 is 6.69. The Morgan fingerprint density at radius 2 is 0.750 bits per heavy atom. The first-order chi connectivity index (χ1) is 4.46. The third-order valence-corrected chi connectivity index (χ3v) is 3.22. The molecule has 0 radical (unpaired) electrons. The molecule has 0 N–H and O–H groups in total. The van der Waals surface area contributed by atoms with Crippen molar-refractivity contribution in [1.29, 1.82) is 0 Å². The minimum Gasteiger partial charge on any atom is -0.264 e. The first kappa shape index (κ1) is 18.6. The first-order valence-corrected chi connectivity index (χ1v) is 4.48. The van der Waals surface area contributed by atoms with E-state index >= 15 is 0 Å². The van der Waals surface area contributed by atoms with E-state index in [0.717, 1.165) is 0 Å². The van der Waals surface area contributed by atoms with Crippen molar-refractivity contribution in [2.24, 2.45) is 0 Å². The Hall–Kier alpha value is 0.890. The number of hydrogen-bond donors (Lipinski definition) is 0. The molecule has 0 aromatic rings. The molecule has 0 saturated heterocycles. The number of nitrogens with zero attached hydrogens (tertiary/aromatic N) is 3. The topological polar surface area (TPSA) is 9.72 Å². The highest BCUT2D eigenvalue weighted by atomic mass is 35.5. The largest absolute Gasteiger partial charge is 0.264 e. The monoisotopic (exact) mass is 235 g/mol. The van der Waals surface area contributed by atoms with Crippen molar-refractivity contribution in [2.75, 3.05) is 42.3 Å². The summed E-state index contributed by atoms with van der Waals surface area (Å²) in [5.41, 5.74) is 0. The molecular weight excluding hydrogens is 216 g/mol. The average molecular weight is 236 g/mol. The Labute approximate surface area is 89.8 Å². The van der Waals surface area contributed by atoms with Crippen LogP contribution in [-0.2, 0) is 0 Å². The fraction of sp³-hybridized carbons (Fsp3) is 1.00. The summed E-state index contributed by atoms with van der Waals surface area (Å²) in [6, 6.07) is 0. The number of rotatable bonds is 3. The zero-order valence-electron chi connectivity index (χ0n) is 8.61. The number of halogens is 2. The minimum atomic E-state index is -0.238. The van der Waals surface area contributed by atoms with Crippen LogP contribution in [0.25, 0.3) is 0 Å². The van der Waals surface area contributed by atoms with Gasteiger partial charge in [0, 0.05) is 0 Å². The minimum absolute atomic E-state index is 0. The standard InChI is InChI=1S/C6H18N3P.2ClH/c1-7(2)10(8(3)4)9(5)6;;/h1-6H3;2*1H. The van der Waals surface area contributed by atoms with Crippen LogP contribution in [0.1, 0.15) is 0 Å². The van der Waals surface area contributed by atoms with E-state index < -0.39 is 0 Å². The fourth-order valence-corrected chi connectivity index (χ4v) is 3.22. The van der Waals surface area contributed by atoms with Crippen LogP contribution < -0.4 is 0 Å². The van der Waals surface area contributed by atoms with Crippen molar-refractivity contribution in [3.8, 4) is 0 Å². The van der Waals surface area contributed by atoms with Crippen LogP contribution in [-0.4, -0.2) is 56.3 Å². The van der Waals surface area contributed by atoms with E-state index in [1.807, 2.05) is 0 Å². The van der Waals surface area contributed by atoms with Gasteiger partial charge in [0.25, 0.3) is 0 Å². The molecule has 78 valence electrons. The molecule has 0 fully saturated rings. The fourth-order valence-electron chi connectivity index (χ4n) is 1.07. The van der Waals surface area contributed by atoms with E-state index in [4.69, 9.17) is 0 Å². The molecule has 0 aromatic carbocycles. The van der Waals surface area contributed by atoms with Gasteiger partial charge in [0.1, 0.15) is 8.37 Å². The Morgan fingerprint density at radius 3 is 0.750 bits per heavy atom. The van der Waals surface area contributed by atoms with E-state index in [1.54, 1.807) is 0 Å². The predicted molar refractivity (Wildman–Crippen MR) is 62.5 cm³/mol. The summed E-state index contributed by atoms with van der Waals surface area (Å²) in [6.45, 7) is 0. The summed E-state index contributed by atoms with van der Waals surface area (Å²) in [5, 5.41) is 0. The Kier molecular flexibility index (Phi) is 13.2. The molecule has 3 nitrogen and oxygen atoms in total. The van der Waals surface area contributed by atoms with Gasteiger partial charge in [0.05, 0.1) is 0 Å². The van der Waals surface area contributed by atoms with E-state index in [9.17, 15) is 0 Å². The lowest BCUT2D eigenvalue weighted by Gasteiger charge is -2.34. The molecule has 6 heteroatoms. The van der Waals surface area contributed by atoms with Gasteiger partial charge >= 0.3 is 0 Å². The van der Waals surface area contributed by atoms with Crippen molar-refractivity contribution in [3.63, 3.8) is 0 Å². The molecule has 0 spiro atoms. The maximum absolute atomic E-state index is 2.23. The molecule has 0 heterocycles. The van der Waals surface area contributed by atoms with Crippen LogP contribution in [0.3, 0.4) is 0 Å².